The minimum absolute atomic E-state index is 0. The van der Waals surface area contributed by atoms with Crippen molar-refractivity contribution >= 4 is 12.4 Å². The highest BCUT2D eigenvalue weighted by Crippen LogP contribution is 2.35. The van der Waals surface area contributed by atoms with Crippen molar-refractivity contribution in [1.82, 2.24) is 4.90 Å². The van der Waals surface area contributed by atoms with Gasteiger partial charge in [0, 0.05) is 25.2 Å². The molecular formula is C15H23ClN2. The molecule has 100 valence electrons. The van der Waals surface area contributed by atoms with Crippen LogP contribution in [0.5, 0.6) is 0 Å². The summed E-state index contributed by atoms with van der Waals surface area (Å²) in [5.41, 5.74) is 9.14. The van der Waals surface area contributed by atoms with E-state index in [1.807, 2.05) is 0 Å². The number of hydrogen-bond acceptors (Lipinski definition) is 2. The predicted octanol–water partition coefficient (Wildman–Crippen LogP) is 2.91. The molecule has 0 amide bonds. The summed E-state index contributed by atoms with van der Waals surface area (Å²) in [5.74, 6) is 0. The van der Waals surface area contributed by atoms with Crippen LogP contribution in [-0.2, 0) is 6.42 Å². The second kappa shape index (κ2) is 6.05. The number of hydrogen-bond donors (Lipinski definition) is 1. The number of aryl methyl sites for hydroxylation is 1. The van der Waals surface area contributed by atoms with E-state index in [2.05, 4.69) is 29.2 Å². The van der Waals surface area contributed by atoms with Crippen LogP contribution >= 0.6 is 12.4 Å². The number of nitrogens with zero attached hydrogens (tertiary/aromatic N) is 1. The molecule has 1 unspecified atom stereocenters. The fraction of sp³-hybridized carbons (Fsp3) is 0.600. The fourth-order valence-corrected chi connectivity index (χ4v) is 3.34. The third kappa shape index (κ3) is 2.71. The largest absolute Gasteiger partial charge is 0.328 e. The summed E-state index contributed by atoms with van der Waals surface area (Å²) < 4.78 is 0. The summed E-state index contributed by atoms with van der Waals surface area (Å²) in [6.07, 6.45) is 6.26. The summed E-state index contributed by atoms with van der Waals surface area (Å²) >= 11 is 0. The highest BCUT2D eigenvalue weighted by atomic mass is 35.5. The number of piperidine rings is 1. The molecule has 1 aliphatic heterocycles. The van der Waals surface area contributed by atoms with Gasteiger partial charge >= 0.3 is 0 Å². The molecule has 0 bridgehead atoms. The van der Waals surface area contributed by atoms with Gasteiger partial charge in [0.2, 0.25) is 0 Å². The van der Waals surface area contributed by atoms with Crippen LogP contribution < -0.4 is 5.73 Å². The van der Waals surface area contributed by atoms with Gasteiger partial charge < -0.3 is 5.73 Å². The Labute approximate surface area is 116 Å². The molecule has 18 heavy (non-hydrogen) atoms. The molecule has 1 aromatic rings. The molecule has 2 nitrogen and oxygen atoms in total. The number of likely N-dealkylation sites (tertiary alicyclic amines) is 1. The van der Waals surface area contributed by atoms with E-state index in [0.717, 1.165) is 0 Å². The molecule has 2 aliphatic rings. The van der Waals surface area contributed by atoms with E-state index in [1.54, 1.807) is 11.1 Å². The maximum absolute atomic E-state index is 5.99. The van der Waals surface area contributed by atoms with Crippen molar-refractivity contribution in [3.05, 3.63) is 35.4 Å². The van der Waals surface area contributed by atoms with Gasteiger partial charge in [-0.3, -0.25) is 4.90 Å². The standard InChI is InChI=1S/C15H22N2.ClH/c16-13-8-10-17(11-9-13)15-7-3-5-12-4-1-2-6-14(12)15;/h1-2,4,6,13,15H,3,5,7-11,16H2;1H. The summed E-state index contributed by atoms with van der Waals surface area (Å²) in [6.45, 7) is 2.36. The van der Waals surface area contributed by atoms with Gasteiger partial charge in [-0.15, -0.1) is 12.4 Å². The Morgan fingerprint density at radius 2 is 1.78 bits per heavy atom. The first-order valence-corrected chi connectivity index (χ1v) is 6.92. The quantitative estimate of drug-likeness (QED) is 0.847. The van der Waals surface area contributed by atoms with Gasteiger partial charge in [-0.2, -0.15) is 0 Å². The lowest BCUT2D eigenvalue weighted by Crippen LogP contribution is -2.42. The molecule has 0 saturated carbocycles. The van der Waals surface area contributed by atoms with Crippen LogP contribution in [0.25, 0.3) is 0 Å². The minimum Gasteiger partial charge on any atom is -0.328 e. The first kappa shape index (κ1) is 13.9. The topological polar surface area (TPSA) is 29.3 Å². The molecule has 0 radical (unpaired) electrons. The smallest absolute Gasteiger partial charge is 0.0350 e. The van der Waals surface area contributed by atoms with Gasteiger partial charge in [-0.25, -0.2) is 0 Å². The van der Waals surface area contributed by atoms with Gasteiger partial charge in [0.05, 0.1) is 0 Å². The molecule has 2 N–H and O–H groups in total. The van der Waals surface area contributed by atoms with E-state index in [1.165, 1.54) is 45.2 Å². The van der Waals surface area contributed by atoms with Crippen molar-refractivity contribution in [2.75, 3.05) is 13.1 Å². The SMILES string of the molecule is Cl.NC1CCN(C2CCCc3ccccc32)CC1. The van der Waals surface area contributed by atoms with Gasteiger partial charge in [0.1, 0.15) is 0 Å². The maximum atomic E-state index is 5.99. The molecule has 3 heteroatoms. The van der Waals surface area contributed by atoms with Crippen molar-refractivity contribution in [3.8, 4) is 0 Å². The normalized spacial score (nSPS) is 25.3. The third-order valence-electron chi connectivity index (χ3n) is 4.35. The van der Waals surface area contributed by atoms with Crippen molar-refractivity contribution < 1.29 is 0 Å². The lowest BCUT2D eigenvalue weighted by molar-refractivity contribution is 0.139. The Kier molecular flexibility index (Phi) is 4.66. The van der Waals surface area contributed by atoms with E-state index in [-0.39, 0.29) is 12.4 Å². The average molecular weight is 267 g/mol. The van der Waals surface area contributed by atoms with Crippen LogP contribution in [0, 0.1) is 0 Å². The van der Waals surface area contributed by atoms with Crippen molar-refractivity contribution in [2.24, 2.45) is 5.73 Å². The molecule has 1 atom stereocenters. The van der Waals surface area contributed by atoms with Gasteiger partial charge in [0.15, 0.2) is 0 Å². The maximum Gasteiger partial charge on any atom is 0.0350 e. The molecule has 1 aliphatic carbocycles. The van der Waals surface area contributed by atoms with Crippen molar-refractivity contribution in [2.45, 2.75) is 44.2 Å². The van der Waals surface area contributed by atoms with Crippen molar-refractivity contribution in [3.63, 3.8) is 0 Å². The molecule has 3 rings (SSSR count). The van der Waals surface area contributed by atoms with Crippen LogP contribution in [0.15, 0.2) is 24.3 Å². The van der Waals surface area contributed by atoms with Crippen LogP contribution in [0.1, 0.15) is 42.9 Å². The summed E-state index contributed by atoms with van der Waals surface area (Å²) in [4.78, 5) is 2.65. The molecule has 1 saturated heterocycles. The molecule has 1 aromatic carbocycles. The Morgan fingerprint density at radius 3 is 2.56 bits per heavy atom. The summed E-state index contributed by atoms with van der Waals surface area (Å²) in [7, 11) is 0. The highest BCUT2D eigenvalue weighted by Gasteiger charge is 2.27. The number of nitrogens with two attached hydrogens (primary N) is 1. The monoisotopic (exact) mass is 266 g/mol. The van der Waals surface area contributed by atoms with Gasteiger partial charge in [-0.1, -0.05) is 24.3 Å². The number of rotatable bonds is 1. The van der Waals surface area contributed by atoms with E-state index in [4.69, 9.17) is 5.73 Å². The number of fused-ring (bicyclic) bond motifs is 1. The van der Waals surface area contributed by atoms with Crippen LogP contribution in [-0.4, -0.2) is 24.0 Å². The first-order chi connectivity index (χ1) is 8.34. The number of benzene rings is 1. The molecule has 1 heterocycles. The third-order valence-corrected chi connectivity index (χ3v) is 4.35. The minimum atomic E-state index is 0. The van der Waals surface area contributed by atoms with E-state index < -0.39 is 0 Å². The zero-order valence-corrected chi connectivity index (χ0v) is 11.7. The second-order valence-electron chi connectivity index (χ2n) is 5.48. The summed E-state index contributed by atoms with van der Waals surface area (Å²) in [6, 6.07) is 10.1. The zero-order chi connectivity index (χ0) is 11.7. The van der Waals surface area contributed by atoms with E-state index in [9.17, 15) is 0 Å². The fourth-order valence-electron chi connectivity index (χ4n) is 3.34. The summed E-state index contributed by atoms with van der Waals surface area (Å²) in [5, 5.41) is 0. The number of halogens is 1. The molecule has 0 spiro atoms. The van der Waals surface area contributed by atoms with Crippen LogP contribution in [0.3, 0.4) is 0 Å². The Morgan fingerprint density at radius 1 is 1.06 bits per heavy atom. The van der Waals surface area contributed by atoms with Crippen molar-refractivity contribution in [1.29, 1.82) is 0 Å². The average Bonchev–Trinajstić information content (AvgIpc) is 2.39. The van der Waals surface area contributed by atoms with Crippen LogP contribution in [0.4, 0.5) is 0 Å². The Hall–Kier alpha value is -0.570. The van der Waals surface area contributed by atoms with E-state index >= 15 is 0 Å². The Bertz CT molecular complexity index is 386. The zero-order valence-electron chi connectivity index (χ0n) is 10.8. The van der Waals surface area contributed by atoms with Gasteiger partial charge in [-0.05, 0) is 43.2 Å². The predicted molar refractivity (Wildman–Crippen MR) is 78.2 cm³/mol. The van der Waals surface area contributed by atoms with Gasteiger partial charge in [0.25, 0.3) is 0 Å². The molecular weight excluding hydrogens is 244 g/mol. The van der Waals surface area contributed by atoms with Crippen LogP contribution in [0.2, 0.25) is 0 Å². The Balaban J connectivity index is 0.00000120. The molecule has 1 fully saturated rings. The lowest BCUT2D eigenvalue weighted by atomic mass is 9.86. The molecule has 0 aromatic heterocycles. The lowest BCUT2D eigenvalue weighted by Gasteiger charge is -2.39. The van der Waals surface area contributed by atoms with E-state index in [0.29, 0.717) is 12.1 Å². The first-order valence-electron chi connectivity index (χ1n) is 6.92. The second-order valence-corrected chi connectivity index (χ2v) is 5.48. The highest BCUT2D eigenvalue weighted by molar-refractivity contribution is 5.85.